The van der Waals surface area contributed by atoms with Gasteiger partial charge in [-0.1, -0.05) is 12.1 Å². The summed E-state index contributed by atoms with van der Waals surface area (Å²) in [6, 6.07) is 4.58. The first-order valence-electron chi connectivity index (χ1n) is 7.48. The summed E-state index contributed by atoms with van der Waals surface area (Å²) < 4.78 is 14.6. The summed E-state index contributed by atoms with van der Waals surface area (Å²) in [5, 5.41) is 9.03. The Kier molecular flexibility index (Phi) is 3.99. The van der Waals surface area contributed by atoms with Crippen molar-refractivity contribution < 1.29 is 18.8 Å². The Bertz CT molecular complexity index is 848. The summed E-state index contributed by atoms with van der Waals surface area (Å²) in [6.07, 6.45) is 3.04. The molecule has 1 aliphatic rings. The van der Waals surface area contributed by atoms with Gasteiger partial charge in [-0.05, 0) is 24.6 Å². The van der Waals surface area contributed by atoms with Crippen molar-refractivity contribution in [2.24, 2.45) is 7.05 Å². The van der Waals surface area contributed by atoms with E-state index in [1.807, 2.05) is 0 Å². The average molecular weight is 345 g/mol. The number of benzene rings is 1. The molecular formula is C16H16FN5O3. The third-order valence-corrected chi connectivity index (χ3v) is 3.99. The number of imide groups is 1. The number of nitrogens with zero attached hydrogens (tertiary/aromatic N) is 3. The fraction of sp³-hybridized carbons (Fsp3) is 0.250. The molecule has 9 heteroatoms. The molecule has 0 saturated carbocycles. The van der Waals surface area contributed by atoms with E-state index in [-0.39, 0.29) is 0 Å². The average Bonchev–Trinajstić information content (AvgIpc) is 3.05. The lowest BCUT2D eigenvalue weighted by Crippen LogP contribution is -2.42. The molecule has 1 saturated heterocycles. The first-order chi connectivity index (χ1) is 11.8. The van der Waals surface area contributed by atoms with E-state index in [1.54, 1.807) is 13.2 Å². The maximum absolute atomic E-state index is 13.1. The van der Waals surface area contributed by atoms with Crippen molar-refractivity contribution in [3.63, 3.8) is 0 Å². The number of amides is 4. The molecule has 4 amide bonds. The highest BCUT2D eigenvalue weighted by Crippen LogP contribution is 2.28. The fourth-order valence-electron chi connectivity index (χ4n) is 2.65. The minimum atomic E-state index is -1.35. The number of aryl methyl sites for hydroxylation is 1. The summed E-state index contributed by atoms with van der Waals surface area (Å²) >= 11 is 0. The smallest absolute Gasteiger partial charge is 0.322 e. The van der Waals surface area contributed by atoms with Gasteiger partial charge in [0.25, 0.3) is 5.91 Å². The van der Waals surface area contributed by atoms with Gasteiger partial charge in [-0.25, -0.2) is 9.18 Å². The van der Waals surface area contributed by atoms with Crippen LogP contribution in [0.4, 0.5) is 14.9 Å². The van der Waals surface area contributed by atoms with Crippen molar-refractivity contribution in [1.82, 2.24) is 20.0 Å². The van der Waals surface area contributed by atoms with Crippen LogP contribution in [-0.2, 0) is 22.2 Å². The van der Waals surface area contributed by atoms with E-state index >= 15 is 0 Å². The lowest BCUT2D eigenvalue weighted by atomic mass is 9.92. The number of hydrogen-bond donors (Lipinski definition) is 2. The van der Waals surface area contributed by atoms with E-state index in [2.05, 4.69) is 15.7 Å². The number of urea groups is 1. The SMILES string of the molecule is Cn1cc(NC(=O)CN2C(=O)NC(C)(c3ccc(F)cc3)C2=O)cn1. The number of aromatic nitrogens is 2. The van der Waals surface area contributed by atoms with E-state index in [0.717, 1.165) is 4.90 Å². The number of carbonyl (C=O) groups is 3. The lowest BCUT2D eigenvalue weighted by Gasteiger charge is -2.22. The predicted octanol–water partition coefficient (Wildman–Crippen LogP) is 0.965. The molecule has 8 nitrogen and oxygen atoms in total. The van der Waals surface area contributed by atoms with Gasteiger partial charge in [0.1, 0.15) is 17.9 Å². The minimum Gasteiger partial charge on any atom is -0.322 e. The molecular weight excluding hydrogens is 329 g/mol. The molecule has 0 aliphatic carbocycles. The Labute approximate surface area is 142 Å². The molecule has 2 N–H and O–H groups in total. The Hall–Kier alpha value is -3.23. The number of anilines is 1. The van der Waals surface area contributed by atoms with Gasteiger partial charge in [-0.15, -0.1) is 0 Å². The van der Waals surface area contributed by atoms with Gasteiger partial charge in [0.05, 0.1) is 11.9 Å². The van der Waals surface area contributed by atoms with Crippen molar-refractivity contribution in [2.75, 3.05) is 11.9 Å². The zero-order valence-electron chi connectivity index (χ0n) is 13.6. The molecule has 0 spiro atoms. The second kappa shape index (κ2) is 6.00. The van der Waals surface area contributed by atoms with E-state index in [1.165, 1.54) is 42.1 Å². The highest BCUT2D eigenvalue weighted by molar-refractivity contribution is 6.10. The third-order valence-electron chi connectivity index (χ3n) is 3.99. The van der Waals surface area contributed by atoms with Gasteiger partial charge in [0, 0.05) is 13.2 Å². The quantitative estimate of drug-likeness (QED) is 0.807. The molecule has 3 rings (SSSR count). The van der Waals surface area contributed by atoms with E-state index < -0.39 is 35.7 Å². The van der Waals surface area contributed by atoms with Crippen LogP contribution < -0.4 is 10.6 Å². The molecule has 1 aliphatic heterocycles. The van der Waals surface area contributed by atoms with Crippen LogP contribution in [0.3, 0.4) is 0 Å². The van der Waals surface area contributed by atoms with E-state index in [0.29, 0.717) is 11.3 Å². The molecule has 2 aromatic rings. The van der Waals surface area contributed by atoms with Gasteiger partial charge in [0.2, 0.25) is 5.91 Å². The lowest BCUT2D eigenvalue weighted by molar-refractivity contribution is -0.133. The summed E-state index contributed by atoms with van der Waals surface area (Å²) in [7, 11) is 1.70. The molecule has 1 fully saturated rings. The van der Waals surface area contributed by atoms with Gasteiger partial charge < -0.3 is 10.6 Å². The monoisotopic (exact) mass is 345 g/mol. The highest BCUT2D eigenvalue weighted by Gasteiger charge is 2.49. The summed E-state index contributed by atoms with van der Waals surface area (Å²) in [6.45, 7) is 1.08. The molecule has 2 heterocycles. The van der Waals surface area contributed by atoms with Gasteiger partial charge in [0.15, 0.2) is 0 Å². The normalized spacial score (nSPS) is 19.9. The van der Waals surface area contributed by atoms with E-state index in [9.17, 15) is 18.8 Å². The second-order valence-corrected chi connectivity index (χ2v) is 5.90. The molecule has 1 aromatic heterocycles. The number of halogens is 1. The van der Waals surface area contributed by atoms with Crippen molar-refractivity contribution in [3.8, 4) is 0 Å². The van der Waals surface area contributed by atoms with Crippen molar-refractivity contribution in [2.45, 2.75) is 12.5 Å². The van der Waals surface area contributed by atoms with Gasteiger partial charge in [-0.2, -0.15) is 5.10 Å². The van der Waals surface area contributed by atoms with Crippen LogP contribution in [0.2, 0.25) is 0 Å². The maximum atomic E-state index is 13.1. The van der Waals surface area contributed by atoms with Crippen LogP contribution >= 0.6 is 0 Å². The zero-order valence-corrected chi connectivity index (χ0v) is 13.6. The van der Waals surface area contributed by atoms with Crippen LogP contribution in [0.25, 0.3) is 0 Å². The van der Waals surface area contributed by atoms with Gasteiger partial charge >= 0.3 is 6.03 Å². The first-order valence-corrected chi connectivity index (χ1v) is 7.48. The number of carbonyl (C=O) groups excluding carboxylic acids is 3. The van der Waals surface area contributed by atoms with Crippen molar-refractivity contribution in [1.29, 1.82) is 0 Å². The molecule has 1 atom stereocenters. The Morgan fingerprint density at radius 1 is 1.32 bits per heavy atom. The fourth-order valence-corrected chi connectivity index (χ4v) is 2.65. The Morgan fingerprint density at radius 3 is 2.60 bits per heavy atom. The second-order valence-electron chi connectivity index (χ2n) is 5.90. The van der Waals surface area contributed by atoms with Gasteiger partial charge in [-0.3, -0.25) is 19.2 Å². The predicted molar refractivity (Wildman–Crippen MR) is 85.8 cm³/mol. The molecule has 1 unspecified atom stereocenters. The van der Waals surface area contributed by atoms with Crippen LogP contribution in [0.15, 0.2) is 36.7 Å². The van der Waals surface area contributed by atoms with Crippen LogP contribution in [0, 0.1) is 5.82 Å². The number of rotatable bonds is 4. The summed E-state index contributed by atoms with van der Waals surface area (Å²) in [5.41, 5.74) is -0.456. The standard InChI is InChI=1S/C16H16FN5O3/c1-16(10-3-5-11(17)6-4-10)14(24)22(15(25)20-16)9-13(23)19-12-7-18-21(2)8-12/h3-8H,9H2,1-2H3,(H,19,23)(H,20,25). The largest absolute Gasteiger partial charge is 0.325 e. The summed E-state index contributed by atoms with van der Waals surface area (Å²) in [5.74, 6) is -1.55. The number of hydrogen-bond acceptors (Lipinski definition) is 4. The Morgan fingerprint density at radius 2 is 2.00 bits per heavy atom. The summed E-state index contributed by atoms with van der Waals surface area (Å²) in [4.78, 5) is 37.7. The van der Waals surface area contributed by atoms with Crippen molar-refractivity contribution >= 4 is 23.5 Å². The van der Waals surface area contributed by atoms with E-state index in [4.69, 9.17) is 0 Å². The number of nitrogens with one attached hydrogen (secondary N) is 2. The molecule has 25 heavy (non-hydrogen) atoms. The Balaban J connectivity index is 1.74. The zero-order chi connectivity index (χ0) is 18.2. The highest BCUT2D eigenvalue weighted by atomic mass is 19.1. The van der Waals surface area contributed by atoms with Crippen LogP contribution in [0.5, 0.6) is 0 Å². The molecule has 0 radical (unpaired) electrons. The topological polar surface area (TPSA) is 96.3 Å². The maximum Gasteiger partial charge on any atom is 0.325 e. The minimum absolute atomic E-state index is 0.433. The first kappa shape index (κ1) is 16.6. The van der Waals surface area contributed by atoms with Crippen molar-refractivity contribution in [3.05, 3.63) is 48.0 Å². The molecule has 0 bridgehead atoms. The van der Waals surface area contributed by atoms with Crippen LogP contribution in [-0.4, -0.2) is 39.1 Å². The van der Waals surface area contributed by atoms with Crippen LogP contribution in [0.1, 0.15) is 12.5 Å². The molecule has 130 valence electrons. The third kappa shape index (κ3) is 3.08. The molecule has 1 aromatic carbocycles.